The molecule has 1 aliphatic rings. The lowest BCUT2D eigenvalue weighted by Crippen LogP contribution is -2.37. The van der Waals surface area contributed by atoms with E-state index < -0.39 is 0 Å². The molecule has 0 spiro atoms. The number of phenols is 1. The van der Waals surface area contributed by atoms with Crippen LogP contribution in [0, 0.1) is 5.92 Å². The third kappa shape index (κ3) is 3.97. The number of aromatic hydroxyl groups is 1. The van der Waals surface area contributed by atoms with Gasteiger partial charge in [-0.1, -0.05) is 45.2 Å². The summed E-state index contributed by atoms with van der Waals surface area (Å²) in [5, 5.41) is 13.2. The van der Waals surface area contributed by atoms with Crippen LogP contribution in [0.25, 0.3) is 0 Å². The highest BCUT2D eigenvalue weighted by Crippen LogP contribution is 2.27. The number of hydrogen-bond donors (Lipinski definition) is 2. The van der Waals surface area contributed by atoms with Crippen LogP contribution in [0.5, 0.6) is 5.75 Å². The van der Waals surface area contributed by atoms with Crippen LogP contribution in [0.2, 0.25) is 0 Å². The summed E-state index contributed by atoms with van der Waals surface area (Å²) in [6, 6.07) is 8.70. The fraction of sp³-hybridized carbons (Fsp3) is 0.647. The van der Waals surface area contributed by atoms with Gasteiger partial charge < -0.3 is 10.4 Å². The second-order valence-corrected chi connectivity index (χ2v) is 5.94. The predicted molar refractivity (Wildman–Crippen MR) is 80.3 cm³/mol. The highest BCUT2D eigenvalue weighted by atomic mass is 16.3. The number of rotatable bonds is 4. The van der Waals surface area contributed by atoms with Crippen molar-refractivity contribution in [2.45, 2.75) is 64.5 Å². The highest BCUT2D eigenvalue weighted by Gasteiger charge is 2.22. The molecule has 2 nitrogen and oxygen atoms in total. The third-order valence-electron chi connectivity index (χ3n) is 4.48. The summed E-state index contributed by atoms with van der Waals surface area (Å²) < 4.78 is 0. The first-order chi connectivity index (χ1) is 9.20. The Hall–Kier alpha value is -1.02. The van der Waals surface area contributed by atoms with Gasteiger partial charge in [0.05, 0.1) is 0 Å². The minimum absolute atomic E-state index is 0.349. The Kier molecular flexibility index (Phi) is 5.26. The van der Waals surface area contributed by atoms with Crippen LogP contribution < -0.4 is 5.32 Å². The first kappa shape index (κ1) is 14.4. The van der Waals surface area contributed by atoms with Crippen molar-refractivity contribution < 1.29 is 5.11 Å². The van der Waals surface area contributed by atoms with Crippen LogP contribution >= 0.6 is 0 Å². The molecule has 106 valence electrons. The zero-order valence-electron chi connectivity index (χ0n) is 12.2. The van der Waals surface area contributed by atoms with Crippen molar-refractivity contribution in [3.63, 3.8) is 0 Å². The lowest BCUT2D eigenvalue weighted by atomic mass is 9.94. The summed E-state index contributed by atoms with van der Waals surface area (Å²) in [5.74, 6) is 1.12. The van der Waals surface area contributed by atoms with E-state index in [4.69, 9.17) is 0 Å². The van der Waals surface area contributed by atoms with E-state index in [1.807, 2.05) is 12.1 Å². The molecule has 0 bridgehead atoms. The number of phenolic OH excluding ortho intramolecular Hbond substituents is 1. The van der Waals surface area contributed by atoms with Crippen molar-refractivity contribution in [2.24, 2.45) is 5.92 Å². The summed E-state index contributed by atoms with van der Waals surface area (Å²) in [4.78, 5) is 0. The van der Waals surface area contributed by atoms with Gasteiger partial charge in [-0.2, -0.15) is 0 Å². The van der Waals surface area contributed by atoms with Crippen molar-refractivity contribution in [2.75, 3.05) is 0 Å². The van der Waals surface area contributed by atoms with Crippen LogP contribution in [-0.4, -0.2) is 11.1 Å². The third-order valence-corrected chi connectivity index (χ3v) is 4.48. The molecule has 1 fully saturated rings. The van der Waals surface area contributed by atoms with Gasteiger partial charge in [-0.05, 0) is 42.9 Å². The number of benzene rings is 1. The summed E-state index contributed by atoms with van der Waals surface area (Å²) in [6.45, 7) is 4.61. The van der Waals surface area contributed by atoms with Gasteiger partial charge in [0.15, 0.2) is 0 Å². The summed E-state index contributed by atoms with van der Waals surface area (Å²) >= 11 is 0. The summed E-state index contributed by atoms with van der Waals surface area (Å²) in [7, 11) is 0. The van der Waals surface area contributed by atoms with Gasteiger partial charge in [0.25, 0.3) is 0 Å². The fourth-order valence-corrected chi connectivity index (χ4v) is 3.16. The topological polar surface area (TPSA) is 32.3 Å². The van der Waals surface area contributed by atoms with Crippen molar-refractivity contribution in [3.8, 4) is 5.75 Å². The highest BCUT2D eigenvalue weighted by molar-refractivity contribution is 5.28. The number of hydrogen-bond acceptors (Lipinski definition) is 2. The molecule has 0 aromatic heterocycles. The molecule has 1 aliphatic carbocycles. The Morgan fingerprint density at radius 2 is 1.84 bits per heavy atom. The predicted octanol–water partition coefficient (Wildman–Crippen LogP) is 4.40. The van der Waals surface area contributed by atoms with Crippen molar-refractivity contribution in [3.05, 3.63) is 29.8 Å². The monoisotopic (exact) mass is 261 g/mol. The Morgan fingerprint density at radius 1 is 1.16 bits per heavy atom. The van der Waals surface area contributed by atoms with Crippen molar-refractivity contribution in [1.29, 1.82) is 0 Å². The van der Waals surface area contributed by atoms with Gasteiger partial charge >= 0.3 is 0 Å². The molecular weight excluding hydrogens is 234 g/mol. The molecule has 0 aliphatic heterocycles. The van der Waals surface area contributed by atoms with Crippen LogP contribution in [0.3, 0.4) is 0 Å². The zero-order valence-corrected chi connectivity index (χ0v) is 12.2. The van der Waals surface area contributed by atoms with E-state index in [2.05, 4.69) is 19.2 Å². The lowest BCUT2D eigenvalue weighted by Gasteiger charge is -2.28. The molecule has 3 atom stereocenters. The Bertz CT molecular complexity index is 373. The smallest absolute Gasteiger partial charge is 0.115 e. The van der Waals surface area contributed by atoms with Gasteiger partial charge in [-0.15, -0.1) is 0 Å². The minimum atomic E-state index is 0.349. The quantitative estimate of drug-likeness (QED) is 0.787. The molecule has 0 heterocycles. The first-order valence-electron chi connectivity index (χ1n) is 7.75. The minimum Gasteiger partial charge on any atom is -0.508 e. The van der Waals surface area contributed by atoms with E-state index >= 15 is 0 Å². The number of nitrogens with one attached hydrogen (secondary N) is 1. The molecule has 3 unspecified atom stereocenters. The van der Waals surface area contributed by atoms with Gasteiger partial charge in [-0.25, -0.2) is 0 Å². The molecule has 2 rings (SSSR count). The maximum Gasteiger partial charge on any atom is 0.115 e. The Morgan fingerprint density at radius 3 is 2.53 bits per heavy atom. The van der Waals surface area contributed by atoms with Crippen LogP contribution in [0.15, 0.2) is 24.3 Å². The maximum atomic E-state index is 9.39. The summed E-state index contributed by atoms with van der Waals surface area (Å²) in [5.41, 5.74) is 1.29. The maximum absolute atomic E-state index is 9.39. The zero-order chi connectivity index (χ0) is 13.7. The van der Waals surface area contributed by atoms with Crippen LogP contribution in [0.4, 0.5) is 0 Å². The van der Waals surface area contributed by atoms with Gasteiger partial charge in [0, 0.05) is 12.1 Å². The molecule has 0 amide bonds. The Labute approximate surface area is 117 Å². The lowest BCUT2D eigenvalue weighted by molar-refractivity contribution is 0.318. The SMILES string of the molecule is CCC(NC1CCCCCC1C)c1ccc(O)cc1. The van der Waals surface area contributed by atoms with Gasteiger partial charge in [0.1, 0.15) is 5.75 Å². The van der Waals surface area contributed by atoms with E-state index in [0.29, 0.717) is 17.8 Å². The average molecular weight is 261 g/mol. The van der Waals surface area contributed by atoms with Crippen LogP contribution in [-0.2, 0) is 0 Å². The largest absolute Gasteiger partial charge is 0.508 e. The van der Waals surface area contributed by atoms with E-state index in [9.17, 15) is 5.11 Å². The molecule has 2 heteroatoms. The van der Waals surface area contributed by atoms with E-state index in [0.717, 1.165) is 12.3 Å². The van der Waals surface area contributed by atoms with E-state index in [-0.39, 0.29) is 0 Å². The van der Waals surface area contributed by atoms with Crippen molar-refractivity contribution in [1.82, 2.24) is 5.32 Å². The molecular formula is C17H27NO. The summed E-state index contributed by atoms with van der Waals surface area (Å²) in [6.07, 6.45) is 7.87. The molecule has 2 N–H and O–H groups in total. The van der Waals surface area contributed by atoms with E-state index in [1.54, 1.807) is 12.1 Å². The standard InChI is InChI=1S/C17H27NO/c1-3-16(14-9-11-15(19)12-10-14)18-17-8-6-4-5-7-13(17)2/h9-13,16-19H,3-8H2,1-2H3. The Balaban J connectivity index is 2.03. The fourth-order valence-electron chi connectivity index (χ4n) is 3.16. The van der Waals surface area contributed by atoms with Crippen molar-refractivity contribution >= 4 is 0 Å². The molecule has 0 saturated heterocycles. The van der Waals surface area contributed by atoms with E-state index in [1.165, 1.54) is 37.7 Å². The van der Waals surface area contributed by atoms with Gasteiger partial charge in [-0.3, -0.25) is 0 Å². The van der Waals surface area contributed by atoms with Gasteiger partial charge in [0.2, 0.25) is 0 Å². The van der Waals surface area contributed by atoms with Crippen LogP contribution in [0.1, 0.15) is 64.0 Å². The first-order valence-corrected chi connectivity index (χ1v) is 7.75. The molecule has 19 heavy (non-hydrogen) atoms. The molecule has 1 aromatic carbocycles. The second kappa shape index (κ2) is 6.95. The average Bonchev–Trinajstić information content (AvgIpc) is 2.62. The molecule has 1 saturated carbocycles. The molecule has 0 radical (unpaired) electrons. The molecule has 1 aromatic rings. The second-order valence-electron chi connectivity index (χ2n) is 5.94. The normalized spacial score (nSPS) is 25.8.